The van der Waals surface area contributed by atoms with Crippen LogP contribution in [0, 0.1) is 0 Å². The molecular formula is C49H93NO8P+. The SMILES string of the molecule is CCCCC/C=C/C/C=C/C/C=C/CCCCCCC(=O)OC[C@H](COP(=O)(O)OCC[N+](C)(C)C)OC(=O)CCCCCCCCCCCCCCCCCCCC. The van der Waals surface area contributed by atoms with E-state index in [0.29, 0.717) is 23.9 Å². The summed E-state index contributed by atoms with van der Waals surface area (Å²) < 4.78 is 34.4. The molecule has 59 heavy (non-hydrogen) atoms. The summed E-state index contributed by atoms with van der Waals surface area (Å²) in [7, 11) is 1.47. The lowest BCUT2D eigenvalue weighted by atomic mass is 10.0. The van der Waals surface area contributed by atoms with Gasteiger partial charge >= 0.3 is 19.8 Å². The average molecular weight is 855 g/mol. The van der Waals surface area contributed by atoms with Crippen LogP contribution in [-0.4, -0.2) is 74.9 Å². The summed E-state index contributed by atoms with van der Waals surface area (Å²) in [6.45, 7) is 4.39. The van der Waals surface area contributed by atoms with Gasteiger partial charge in [0.2, 0.25) is 0 Å². The number of quaternary nitrogens is 1. The molecule has 9 nitrogen and oxygen atoms in total. The normalized spacial score (nSPS) is 13.8. The molecule has 2 atom stereocenters. The minimum absolute atomic E-state index is 0.0288. The molecule has 1 N–H and O–H groups in total. The number of unbranched alkanes of at least 4 members (excludes halogenated alkanes) is 24. The molecule has 0 radical (unpaired) electrons. The Labute approximate surface area is 363 Å². The number of rotatable bonds is 44. The highest BCUT2D eigenvalue weighted by atomic mass is 31.2. The van der Waals surface area contributed by atoms with Crippen molar-refractivity contribution in [2.75, 3.05) is 47.5 Å². The first-order chi connectivity index (χ1) is 28.5. The van der Waals surface area contributed by atoms with E-state index >= 15 is 0 Å². The maximum Gasteiger partial charge on any atom is 0.472 e. The van der Waals surface area contributed by atoms with Gasteiger partial charge in [0.1, 0.15) is 19.8 Å². The second kappa shape index (κ2) is 41.6. The van der Waals surface area contributed by atoms with Crippen molar-refractivity contribution in [3.8, 4) is 0 Å². The zero-order chi connectivity index (χ0) is 43.6. The number of carbonyl (C=O) groups is 2. The number of ether oxygens (including phenoxy) is 2. The van der Waals surface area contributed by atoms with E-state index < -0.39 is 26.5 Å². The Balaban J connectivity index is 4.32. The molecule has 0 rings (SSSR count). The molecule has 0 amide bonds. The fourth-order valence-corrected chi connectivity index (χ4v) is 7.35. The molecule has 346 valence electrons. The van der Waals surface area contributed by atoms with E-state index in [1.165, 1.54) is 122 Å². The molecule has 10 heteroatoms. The van der Waals surface area contributed by atoms with Crippen molar-refractivity contribution in [1.29, 1.82) is 0 Å². The van der Waals surface area contributed by atoms with Crippen LogP contribution in [0.1, 0.15) is 213 Å². The van der Waals surface area contributed by atoms with Gasteiger partial charge in [-0.15, -0.1) is 0 Å². The third kappa shape index (κ3) is 45.6. The van der Waals surface area contributed by atoms with E-state index in [0.717, 1.165) is 51.4 Å². The van der Waals surface area contributed by atoms with Gasteiger partial charge in [-0.2, -0.15) is 0 Å². The average Bonchev–Trinajstić information content (AvgIpc) is 3.19. The molecule has 0 saturated heterocycles. The molecule has 0 aromatic carbocycles. The zero-order valence-corrected chi connectivity index (χ0v) is 39.9. The molecule has 0 aliphatic heterocycles. The van der Waals surface area contributed by atoms with Crippen LogP contribution in [0.4, 0.5) is 0 Å². The lowest BCUT2D eigenvalue weighted by Crippen LogP contribution is -2.37. The predicted molar refractivity (Wildman–Crippen MR) is 247 cm³/mol. The summed E-state index contributed by atoms with van der Waals surface area (Å²) in [5.74, 6) is -0.816. The molecular weight excluding hydrogens is 762 g/mol. The number of carbonyl (C=O) groups excluding carboxylic acids is 2. The Morgan fingerprint density at radius 1 is 0.525 bits per heavy atom. The minimum atomic E-state index is -4.38. The minimum Gasteiger partial charge on any atom is -0.462 e. The molecule has 0 aromatic heterocycles. The van der Waals surface area contributed by atoms with Crippen LogP contribution in [0.2, 0.25) is 0 Å². The first-order valence-corrected chi connectivity index (χ1v) is 25.7. The maximum atomic E-state index is 12.7. The summed E-state index contributed by atoms with van der Waals surface area (Å²) in [4.78, 5) is 35.5. The van der Waals surface area contributed by atoms with Gasteiger partial charge in [-0.05, 0) is 51.4 Å². The number of esters is 2. The highest BCUT2D eigenvalue weighted by molar-refractivity contribution is 7.47. The van der Waals surface area contributed by atoms with Crippen LogP contribution in [-0.2, 0) is 32.7 Å². The van der Waals surface area contributed by atoms with Gasteiger partial charge < -0.3 is 18.9 Å². The summed E-state index contributed by atoms with van der Waals surface area (Å²) in [6, 6.07) is 0. The Morgan fingerprint density at radius 3 is 1.39 bits per heavy atom. The first-order valence-electron chi connectivity index (χ1n) is 24.2. The zero-order valence-electron chi connectivity index (χ0n) is 39.0. The quantitative estimate of drug-likeness (QED) is 0.0212. The van der Waals surface area contributed by atoms with Crippen molar-refractivity contribution in [3.63, 3.8) is 0 Å². The molecule has 0 bridgehead atoms. The van der Waals surface area contributed by atoms with Crippen LogP contribution in [0.3, 0.4) is 0 Å². The number of nitrogens with zero attached hydrogens (tertiary/aromatic N) is 1. The lowest BCUT2D eigenvalue weighted by Gasteiger charge is -2.24. The van der Waals surface area contributed by atoms with Gasteiger partial charge in [-0.25, -0.2) is 4.57 Å². The van der Waals surface area contributed by atoms with Crippen molar-refractivity contribution in [2.24, 2.45) is 0 Å². The summed E-state index contributed by atoms with van der Waals surface area (Å²) >= 11 is 0. The number of phosphoric ester groups is 1. The highest BCUT2D eigenvalue weighted by Crippen LogP contribution is 2.43. The third-order valence-electron chi connectivity index (χ3n) is 10.4. The van der Waals surface area contributed by atoms with Crippen LogP contribution in [0.5, 0.6) is 0 Å². The molecule has 0 saturated carbocycles. The Kier molecular flexibility index (Phi) is 40.3. The molecule has 0 aliphatic rings. The van der Waals surface area contributed by atoms with E-state index in [2.05, 4.69) is 50.3 Å². The smallest absolute Gasteiger partial charge is 0.462 e. The van der Waals surface area contributed by atoms with Crippen molar-refractivity contribution < 1.29 is 42.1 Å². The van der Waals surface area contributed by atoms with Gasteiger partial charge in [0, 0.05) is 12.8 Å². The predicted octanol–water partition coefficient (Wildman–Crippen LogP) is 14.1. The fraction of sp³-hybridized carbons (Fsp3) is 0.837. The van der Waals surface area contributed by atoms with Gasteiger partial charge in [-0.1, -0.05) is 185 Å². The number of hydrogen-bond donors (Lipinski definition) is 1. The van der Waals surface area contributed by atoms with Gasteiger partial charge in [-0.3, -0.25) is 18.6 Å². The lowest BCUT2D eigenvalue weighted by molar-refractivity contribution is -0.870. The Morgan fingerprint density at radius 2 is 0.915 bits per heavy atom. The van der Waals surface area contributed by atoms with Crippen LogP contribution in [0.15, 0.2) is 36.5 Å². The van der Waals surface area contributed by atoms with Crippen LogP contribution >= 0.6 is 7.82 Å². The summed E-state index contributed by atoms with van der Waals surface area (Å²) in [6.07, 6.45) is 47.6. The largest absolute Gasteiger partial charge is 0.472 e. The molecule has 0 heterocycles. The topological polar surface area (TPSA) is 108 Å². The Bertz CT molecular complexity index is 1100. The second-order valence-corrected chi connectivity index (χ2v) is 19.0. The van der Waals surface area contributed by atoms with E-state index in [4.69, 9.17) is 18.5 Å². The monoisotopic (exact) mass is 855 g/mol. The molecule has 0 fully saturated rings. The number of hydrogen-bond acceptors (Lipinski definition) is 7. The van der Waals surface area contributed by atoms with Crippen molar-refractivity contribution in [1.82, 2.24) is 0 Å². The molecule has 0 aromatic rings. The maximum absolute atomic E-state index is 12.7. The van der Waals surface area contributed by atoms with E-state index in [1.807, 2.05) is 21.1 Å². The number of phosphoric acid groups is 1. The van der Waals surface area contributed by atoms with E-state index in [1.54, 1.807) is 0 Å². The Hall–Kier alpha value is -1.77. The van der Waals surface area contributed by atoms with Gasteiger partial charge in [0.05, 0.1) is 27.7 Å². The number of allylic oxidation sites excluding steroid dienone is 6. The van der Waals surface area contributed by atoms with Gasteiger partial charge in [0.25, 0.3) is 0 Å². The first kappa shape index (κ1) is 57.2. The summed E-state index contributed by atoms with van der Waals surface area (Å²) in [5, 5.41) is 0. The van der Waals surface area contributed by atoms with Crippen LogP contribution in [0.25, 0.3) is 0 Å². The highest BCUT2D eigenvalue weighted by Gasteiger charge is 2.27. The molecule has 1 unspecified atom stereocenters. The van der Waals surface area contributed by atoms with E-state index in [9.17, 15) is 19.0 Å². The molecule has 0 spiro atoms. The summed E-state index contributed by atoms with van der Waals surface area (Å²) in [5.41, 5.74) is 0. The standard InChI is InChI=1S/C49H92NO8P/c1-6-8-10-12-14-16-18-20-22-24-26-28-30-32-34-36-38-40-42-49(52)58-47(46-57-59(53,54)56-44-43-50(3,4)5)45-55-48(51)41-39-37-35-33-31-29-27-25-23-21-19-17-15-13-11-9-7-2/h15,17,21,23,27,29,47H,6-14,16,18-20,22,24-26,28,30-46H2,1-5H3/p+1/b17-15+,23-21+,29-27+/t47-/m1/s1. The third-order valence-corrected chi connectivity index (χ3v) is 11.4. The van der Waals surface area contributed by atoms with Crippen LogP contribution < -0.4 is 0 Å². The van der Waals surface area contributed by atoms with E-state index in [-0.39, 0.29) is 32.0 Å². The molecule has 0 aliphatic carbocycles. The van der Waals surface area contributed by atoms with Crippen molar-refractivity contribution in [3.05, 3.63) is 36.5 Å². The van der Waals surface area contributed by atoms with Crippen molar-refractivity contribution in [2.45, 2.75) is 219 Å². The fourth-order valence-electron chi connectivity index (χ4n) is 6.61. The number of likely N-dealkylation sites (N-methyl/N-ethyl adjacent to an activating group) is 1. The second-order valence-electron chi connectivity index (χ2n) is 17.5. The van der Waals surface area contributed by atoms with Gasteiger partial charge in [0.15, 0.2) is 6.10 Å². The van der Waals surface area contributed by atoms with Crippen molar-refractivity contribution >= 4 is 19.8 Å².